The minimum Gasteiger partial charge on any atom is -0.356 e. The molecule has 1 aliphatic carbocycles. The predicted octanol–water partition coefficient (Wildman–Crippen LogP) is 3.26. The fourth-order valence-electron chi connectivity index (χ4n) is 2.94. The molecule has 1 unspecified atom stereocenters. The molecule has 0 heterocycles. The molecule has 0 saturated carbocycles. The van der Waals surface area contributed by atoms with Crippen molar-refractivity contribution < 1.29 is 4.79 Å². The first-order chi connectivity index (χ1) is 12.6. The van der Waals surface area contributed by atoms with Crippen LogP contribution in [0.2, 0.25) is 0 Å². The van der Waals surface area contributed by atoms with Gasteiger partial charge in [0.25, 0.3) is 0 Å². The zero-order valence-corrected chi connectivity index (χ0v) is 16.3. The van der Waals surface area contributed by atoms with Crippen LogP contribution < -0.4 is 10.6 Å². The second-order valence-corrected chi connectivity index (χ2v) is 7.01. The third-order valence-corrected chi connectivity index (χ3v) is 4.65. The van der Waals surface area contributed by atoms with Gasteiger partial charge < -0.3 is 15.5 Å². The van der Waals surface area contributed by atoms with Crippen molar-refractivity contribution in [3.63, 3.8) is 0 Å². The summed E-state index contributed by atoms with van der Waals surface area (Å²) < 4.78 is 0. The second-order valence-electron chi connectivity index (χ2n) is 7.01. The number of hydrogen-bond acceptors (Lipinski definition) is 2. The lowest BCUT2D eigenvalue weighted by atomic mass is 9.97. The molecule has 0 aromatic heterocycles. The van der Waals surface area contributed by atoms with Crippen LogP contribution in [0, 0.1) is 0 Å². The van der Waals surface area contributed by atoms with Crippen molar-refractivity contribution in [2.24, 2.45) is 4.99 Å². The highest BCUT2D eigenvalue weighted by atomic mass is 16.2. The summed E-state index contributed by atoms with van der Waals surface area (Å²) in [6, 6.07) is 10.4. The Morgan fingerprint density at radius 2 is 2.00 bits per heavy atom. The lowest BCUT2D eigenvalue weighted by Crippen LogP contribution is -2.40. The zero-order chi connectivity index (χ0) is 18.8. The summed E-state index contributed by atoms with van der Waals surface area (Å²) in [4.78, 5) is 17.9. The van der Waals surface area contributed by atoms with Gasteiger partial charge in [-0.25, -0.2) is 4.99 Å². The SMILES string of the molecule is CC(NC(=NCC(=O)N(C)C)NCCC1=CCCCC1)c1ccccc1. The van der Waals surface area contributed by atoms with Gasteiger partial charge in [-0.05, 0) is 44.6 Å². The summed E-state index contributed by atoms with van der Waals surface area (Å²) in [6.45, 7) is 3.08. The highest BCUT2D eigenvalue weighted by molar-refractivity contribution is 5.85. The summed E-state index contributed by atoms with van der Waals surface area (Å²) in [5.74, 6) is 0.682. The van der Waals surface area contributed by atoms with E-state index in [4.69, 9.17) is 0 Å². The van der Waals surface area contributed by atoms with Gasteiger partial charge in [-0.2, -0.15) is 0 Å². The van der Waals surface area contributed by atoms with Gasteiger partial charge in [0.1, 0.15) is 6.54 Å². The summed E-state index contributed by atoms with van der Waals surface area (Å²) in [7, 11) is 3.50. The number of carbonyl (C=O) groups is 1. The smallest absolute Gasteiger partial charge is 0.243 e. The van der Waals surface area contributed by atoms with Gasteiger partial charge in [-0.15, -0.1) is 0 Å². The molecule has 0 radical (unpaired) electrons. The number of hydrogen-bond donors (Lipinski definition) is 2. The number of guanidine groups is 1. The highest BCUT2D eigenvalue weighted by Crippen LogP contribution is 2.19. The molecule has 26 heavy (non-hydrogen) atoms. The highest BCUT2D eigenvalue weighted by Gasteiger charge is 2.10. The number of rotatable bonds is 7. The van der Waals surface area contributed by atoms with E-state index in [1.54, 1.807) is 19.0 Å². The Morgan fingerprint density at radius 1 is 1.23 bits per heavy atom. The Kier molecular flexibility index (Phi) is 8.19. The summed E-state index contributed by atoms with van der Waals surface area (Å²) in [5, 5.41) is 6.80. The number of likely N-dealkylation sites (N-methyl/N-ethyl adjacent to an activating group) is 1. The van der Waals surface area contributed by atoms with Crippen LogP contribution in [-0.2, 0) is 4.79 Å². The number of benzene rings is 1. The van der Waals surface area contributed by atoms with Crippen LogP contribution in [0.5, 0.6) is 0 Å². The number of allylic oxidation sites excluding steroid dienone is 1. The standard InChI is InChI=1S/C21H32N4O/c1-17(19-12-8-5-9-13-19)24-21(23-16-20(26)25(2)3)22-15-14-18-10-6-4-7-11-18/h5,8-10,12-13,17H,4,6-7,11,14-16H2,1-3H3,(H2,22,23,24). The van der Waals surface area contributed by atoms with Gasteiger partial charge in [0.2, 0.25) is 5.91 Å². The minimum absolute atomic E-state index is 0.00606. The molecule has 0 fully saturated rings. The van der Waals surface area contributed by atoms with Gasteiger partial charge in [-0.1, -0.05) is 42.0 Å². The molecule has 1 aromatic rings. The van der Waals surface area contributed by atoms with E-state index in [1.807, 2.05) is 18.2 Å². The van der Waals surface area contributed by atoms with E-state index in [-0.39, 0.29) is 18.5 Å². The number of nitrogens with one attached hydrogen (secondary N) is 2. The van der Waals surface area contributed by atoms with Crippen LogP contribution in [0.15, 0.2) is 47.0 Å². The van der Waals surface area contributed by atoms with Crippen molar-refractivity contribution in [2.75, 3.05) is 27.2 Å². The number of amides is 1. The van der Waals surface area contributed by atoms with Gasteiger partial charge in [0, 0.05) is 20.6 Å². The van der Waals surface area contributed by atoms with E-state index in [1.165, 1.54) is 36.8 Å². The van der Waals surface area contributed by atoms with E-state index in [2.05, 4.69) is 40.8 Å². The third-order valence-electron chi connectivity index (χ3n) is 4.65. The van der Waals surface area contributed by atoms with Crippen molar-refractivity contribution in [1.29, 1.82) is 0 Å². The number of nitrogens with zero attached hydrogens (tertiary/aromatic N) is 2. The van der Waals surface area contributed by atoms with Crippen molar-refractivity contribution >= 4 is 11.9 Å². The maximum absolute atomic E-state index is 11.9. The fourth-order valence-corrected chi connectivity index (χ4v) is 2.94. The maximum Gasteiger partial charge on any atom is 0.243 e. The van der Waals surface area contributed by atoms with E-state index < -0.39 is 0 Å². The molecule has 1 aliphatic rings. The first-order valence-electron chi connectivity index (χ1n) is 9.54. The Hall–Kier alpha value is -2.30. The Labute approximate surface area is 157 Å². The van der Waals surface area contributed by atoms with E-state index in [0.717, 1.165) is 13.0 Å². The number of aliphatic imine (C=N–C) groups is 1. The third kappa shape index (κ3) is 6.90. The van der Waals surface area contributed by atoms with Crippen LogP contribution in [0.1, 0.15) is 50.6 Å². The first kappa shape index (κ1) is 20.0. The average Bonchev–Trinajstić information content (AvgIpc) is 2.67. The molecular formula is C21H32N4O. The molecule has 5 heteroatoms. The van der Waals surface area contributed by atoms with Crippen molar-refractivity contribution in [2.45, 2.75) is 45.1 Å². The zero-order valence-electron chi connectivity index (χ0n) is 16.3. The van der Waals surface area contributed by atoms with Crippen LogP contribution in [0.3, 0.4) is 0 Å². The lowest BCUT2D eigenvalue weighted by Gasteiger charge is -2.20. The molecule has 5 nitrogen and oxygen atoms in total. The molecular weight excluding hydrogens is 324 g/mol. The summed E-state index contributed by atoms with van der Waals surface area (Å²) in [6.07, 6.45) is 8.43. The number of carbonyl (C=O) groups excluding carboxylic acids is 1. The molecule has 1 atom stereocenters. The predicted molar refractivity (Wildman–Crippen MR) is 108 cm³/mol. The molecule has 0 spiro atoms. The molecule has 1 aromatic carbocycles. The Bertz CT molecular complexity index is 622. The summed E-state index contributed by atoms with van der Waals surface area (Å²) in [5.41, 5.74) is 2.72. The quantitative estimate of drug-likeness (QED) is 0.448. The fraction of sp³-hybridized carbons (Fsp3) is 0.524. The van der Waals surface area contributed by atoms with E-state index in [9.17, 15) is 4.79 Å². The van der Waals surface area contributed by atoms with Gasteiger partial charge >= 0.3 is 0 Å². The van der Waals surface area contributed by atoms with Crippen molar-refractivity contribution in [1.82, 2.24) is 15.5 Å². The van der Waals surface area contributed by atoms with Crippen molar-refractivity contribution in [3.05, 3.63) is 47.5 Å². The van der Waals surface area contributed by atoms with Crippen LogP contribution in [-0.4, -0.2) is 44.0 Å². The maximum atomic E-state index is 11.9. The minimum atomic E-state index is -0.00606. The molecule has 0 saturated heterocycles. The van der Waals surface area contributed by atoms with Crippen LogP contribution >= 0.6 is 0 Å². The normalized spacial score (nSPS) is 15.8. The van der Waals surface area contributed by atoms with E-state index in [0.29, 0.717) is 5.96 Å². The first-order valence-corrected chi connectivity index (χ1v) is 9.54. The molecule has 0 bridgehead atoms. The van der Waals surface area contributed by atoms with Gasteiger partial charge in [0.05, 0.1) is 6.04 Å². The van der Waals surface area contributed by atoms with Crippen LogP contribution in [0.4, 0.5) is 0 Å². The largest absolute Gasteiger partial charge is 0.356 e. The molecule has 0 aliphatic heterocycles. The topological polar surface area (TPSA) is 56.7 Å². The molecule has 2 rings (SSSR count). The van der Waals surface area contributed by atoms with Gasteiger partial charge in [0.15, 0.2) is 5.96 Å². The Balaban J connectivity index is 1.94. The molecule has 142 valence electrons. The monoisotopic (exact) mass is 356 g/mol. The van der Waals surface area contributed by atoms with Crippen LogP contribution in [0.25, 0.3) is 0 Å². The molecule has 2 N–H and O–H groups in total. The van der Waals surface area contributed by atoms with Gasteiger partial charge in [-0.3, -0.25) is 4.79 Å². The Morgan fingerprint density at radius 3 is 2.65 bits per heavy atom. The van der Waals surface area contributed by atoms with Crippen molar-refractivity contribution in [3.8, 4) is 0 Å². The summed E-state index contributed by atoms with van der Waals surface area (Å²) >= 11 is 0. The van der Waals surface area contributed by atoms with E-state index >= 15 is 0 Å². The second kappa shape index (κ2) is 10.6. The lowest BCUT2D eigenvalue weighted by molar-refractivity contribution is -0.127. The molecule has 1 amide bonds. The average molecular weight is 357 g/mol.